The molecule has 1 saturated heterocycles. The maximum atomic E-state index is 15.5. The number of nitrogens with zero attached hydrogens (tertiary/aromatic N) is 6. The number of hydrogen-bond acceptors (Lipinski definition) is 5. The van der Waals surface area contributed by atoms with E-state index in [2.05, 4.69) is 10.2 Å². The normalized spacial score (nSPS) is 13.9. The summed E-state index contributed by atoms with van der Waals surface area (Å²) < 4.78 is 23.6. The van der Waals surface area contributed by atoms with E-state index in [1.54, 1.807) is 32.8 Å². The van der Waals surface area contributed by atoms with E-state index in [-0.39, 0.29) is 28.7 Å². The first kappa shape index (κ1) is 24.2. The molecule has 2 aromatic carbocycles. The van der Waals surface area contributed by atoms with Crippen LogP contribution in [-0.4, -0.2) is 56.2 Å². The number of ether oxygens (including phenoxy) is 1. The van der Waals surface area contributed by atoms with Crippen LogP contribution in [0.1, 0.15) is 20.8 Å². The number of anilines is 1. The molecule has 1 fully saturated rings. The molecule has 37 heavy (non-hydrogen) atoms. The molecule has 3 heterocycles. The van der Waals surface area contributed by atoms with Crippen molar-refractivity contribution in [1.29, 1.82) is 0 Å². The number of amides is 2. The van der Waals surface area contributed by atoms with Crippen molar-refractivity contribution >= 4 is 11.7 Å². The summed E-state index contributed by atoms with van der Waals surface area (Å²) in [5, 5.41) is 8.80. The first-order valence-corrected chi connectivity index (χ1v) is 11.9. The van der Waals surface area contributed by atoms with Crippen LogP contribution in [0.4, 0.5) is 14.9 Å². The number of carbonyl (C=O) groups is 1. The van der Waals surface area contributed by atoms with Crippen molar-refractivity contribution in [1.82, 2.24) is 24.5 Å². The van der Waals surface area contributed by atoms with Gasteiger partial charge in [0.1, 0.15) is 5.69 Å². The molecule has 0 aliphatic carbocycles. The third kappa shape index (κ3) is 4.35. The molecule has 0 saturated carbocycles. The van der Waals surface area contributed by atoms with Crippen molar-refractivity contribution in [2.24, 2.45) is 0 Å². The lowest BCUT2D eigenvalue weighted by molar-refractivity contribution is 0.173. The minimum absolute atomic E-state index is 0.00447. The zero-order valence-electron chi connectivity index (χ0n) is 21.1. The number of urea groups is 1. The lowest BCUT2D eigenvalue weighted by Crippen LogP contribution is -2.44. The maximum absolute atomic E-state index is 15.5. The SMILES string of the molecule is COc1cn(-c2ccc(N3CCN(C(C)(C)C)C3=O)cc2F)nc(-c2ccnn2-c2ccccc2)c1=O. The Kier molecular flexibility index (Phi) is 6.02. The monoisotopic (exact) mass is 502 g/mol. The van der Waals surface area contributed by atoms with Crippen molar-refractivity contribution in [2.75, 3.05) is 25.1 Å². The van der Waals surface area contributed by atoms with E-state index >= 15 is 4.39 Å². The van der Waals surface area contributed by atoms with Gasteiger partial charge in [-0.1, -0.05) is 18.2 Å². The van der Waals surface area contributed by atoms with E-state index in [1.165, 1.54) is 30.1 Å². The molecule has 0 radical (unpaired) electrons. The summed E-state index contributed by atoms with van der Waals surface area (Å²) in [6, 6.07) is 15.3. The van der Waals surface area contributed by atoms with E-state index in [0.29, 0.717) is 24.5 Å². The fourth-order valence-corrected chi connectivity index (χ4v) is 4.41. The topological polar surface area (TPSA) is 85.5 Å². The van der Waals surface area contributed by atoms with Crippen LogP contribution in [0.15, 0.2) is 71.8 Å². The summed E-state index contributed by atoms with van der Waals surface area (Å²) in [6.45, 7) is 6.92. The number of rotatable bonds is 5. The summed E-state index contributed by atoms with van der Waals surface area (Å²) in [5.74, 6) is -0.593. The van der Waals surface area contributed by atoms with Crippen LogP contribution in [0, 0.1) is 5.82 Å². The van der Waals surface area contributed by atoms with Crippen molar-refractivity contribution in [3.8, 4) is 28.5 Å². The molecular formula is C27H27FN6O3. The molecule has 4 aromatic rings. The number of halogens is 1. The molecule has 2 aromatic heterocycles. The Morgan fingerprint density at radius 3 is 2.38 bits per heavy atom. The van der Waals surface area contributed by atoms with E-state index in [9.17, 15) is 9.59 Å². The first-order chi connectivity index (χ1) is 17.7. The molecule has 0 bridgehead atoms. The Labute approximate surface area is 213 Å². The third-order valence-corrected chi connectivity index (χ3v) is 6.30. The molecule has 190 valence electrons. The molecule has 0 atom stereocenters. The average molecular weight is 503 g/mol. The lowest BCUT2D eigenvalue weighted by atomic mass is 10.1. The molecule has 10 heteroatoms. The molecule has 0 spiro atoms. The smallest absolute Gasteiger partial charge is 0.325 e. The lowest BCUT2D eigenvalue weighted by Gasteiger charge is -2.31. The van der Waals surface area contributed by atoms with Crippen LogP contribution in [-0.2, 0) is 0 Å². The Morgan fingerprint density at radius 2 is 1.73 bits per heavy atom. The predicted molar refractivity (Wildman–Crippen MR) is 138 cm³/mol. The van der Waals surface area contributed by atoms with Crippen LogP contribution < -0.4 is 15.1 Å². The zero-order valence-corrected chi connectivity index (χ0v) is 21.1. The van der Waals surface area contributed by atoms with Gasteiger partial charge < -0.3 is 9.64 Å². The van der Waals surface area contributed by atoms with Crippen LogP contribution in [0.3, 0.4) is 0 Å². The predicted octanol–water partition coefficient (Wildman–Crippen LogP) is 4.27. The minimum atomic E-state index is -0.597. The quantitative estimate of drug-likeness (QED) is 0.407. The Hall–Kier alpha value is -4.47. The van der Waals surface area contributed by atoms with Gasteiger partial charge in [-0.2, -0.15) is 10.2 Å². The van der Waals surface area contributed by atoms with Gasteiger partial charge in [0.25, 0.3) is 5.43 Å². The van der Waals surface area contributed by atoms with Gasteiger partial charge in [-0.05, 0) is 57.2 Å². The largest absolute Gasteiger partial charge is 0.491 e. The molecule has 2 amide bonds. The minimum Gasteiger partial charge on any atom is -0.491 e. The Morgan fingerprint density at radius 1 is 0.973 bits per heavy atom. The van der Waals surface area contributed by atoms with Crippen molar-refractivity contribution in [3.63, 3.8) is 0 Å². The number of aromatic nitrogens is 4. The van der Waals surface area contributed by atoms with Crippen molar-refractivity contribution < 1.29 is 13.9 Å². The summed E-state index contributed by atoms with van der Waals surface area (Å²) in [7, 11) is 1.37. The second-order valence-electron chi connectivity index (χ2n) is 9.68. The van der Waals surface area contributed by atoms with Crippen LogP contribution in [0.25, 0.3) is 22.8 Å². The number of methoxy groups -OCH3 is 1. The number of para-hydroxylation sites is 1. The fraction of sp³-hybridized carbons (Fsp3) is 0.259. The standard InChI is InChI=1S/C27H27FN6O3/c1-27(2,3)32-15-14-31(26(32)36)19-10-11-21(20(28)16-19)33-17-23(37-4)25(35)24(30-33)22-12-13-29-34(22)18-8-6-5-7-9-18/h5-13,16-17H,14-15H2,1-4H3. The zero-order chi connectivity index (χ0) is 26.3. The van der Waals surface area contributed by atoms with Crippen LogP contribution >= 0.6 is 0 Å². The fourth-order valence-electron chi connectivity index (χ4n) is 4.41. The van der Waals surface area contributed by atoms with E-state index in [4.69, 9.17) is 4.74 Å². The summed E-state index contributed by atoms with van der Waals surface area (Å²) in [6.07, 6.45) is 2.91. The number of benzene rings is 2. The molecule has 0 unspecified atom stereocenters. The Bertz CT molecular complexity index is 1520. The van der Waals surface area contributed by atoms with Crippen LogP contribution in [0.2, 0.25) is 0 Å². The van der Waals surface area contributed by atoms with Gasteiger partial charge in [0.05, 0.1) is 30.9 Å². The second-order valence-corrected chi connectivity index (χ2v) is 9.68. The summed E-state index contributed by atoms with van der Waals surface area (Å²) in [4.78, 5) is 29.4. The summed E-state index contributed by atoms with van der Waals surface area (Å²) in [5.41, 5.74) is 1.02. The molecular weight excluding hydrogens is 475 g/mol. The van der Waals surface area contributed by atoms with E-state index < -0.39 is 11.2 Å². The highest BCUT2D eigenvalue weighted by molar-refractivity contribution is 5.94. The van der Waals surface area contributed by atoms with Gasteiger partial charge in [0.15, 0.2) is 17.3 Å². The maximum Gasteiger partial charge on any atom is 0.325 e. The van der Waals surface area contributed by atoms with Gasteiger partial charge in [-0.15, -0.1) is 0 Å². The third-order valence-electron chi connectivity index (χ3n) is 6.30. The van der Waals surface area contributed by atoms with Crippen molar-refractivity contribution in [3.05, 3.63) is 83.0 Å². The van der Waals surface area contributed by atoms with Gasteiger partial charge >= 0.3 is 6.03 Å². The van der Waals surface area contributed by atoms with Crippen LogP contribution in [0.5, 0.6) is 5.75 Å². The molecule has 9 nitrogen and oxygen atoms in total. The average Bonchev–Trinajstić information content (AvgIpc) is 3.52. The van der Waals surface area contributed by atoms with E-state index in [0.717, 1.165) is 5.69 Å². The van der Waals surface area contributed by atoms with Gasteiger partial charge in [-0.3, -0.25) is 9.69 Å². The first-order valence-electron chi connectivity index (χ1n) is 11.9. The molecule has 0 N–H and O–H groups in total. The van der Waals surface area contributed by atoms with Gasteiger partial charge in [0.2, 0.25) is 0 Å². The Balaban J connectivity index is 1.55. The summed E-state index contributed by atoms with van der Waals surface area (Å²) >= 11 is 0. The second kappa shape index (κ2) is 9.20. The van der Waals surface area contributed by atoms with Crippen molar-refractivity contribution in [2.45, 2.75) is 26.3 Å². The highest BCUT2D eigenvalue weighted by Crippen LogP contribution is 2.28. The molecule has 1 aliphatic rings. The van der Waals surface area contributed by atoms with Gasteiger partial charge in [-0.25, -0.2) is 18.5 Å². The highest BCUT2D eigenvalue weighted by Gasteiger charge is 2.36. The molecule has 5 rings (SSSR count). The number of hydrogen-bond donors (Lipinski definition) is 0. The van der Waals surface area contributed by atoms with Gasteiger partial charge in [0, 0.05) is 24.3 Å². The molecule has 1 aliphatic heterocycles. The number of carbonyl (C=O) groups excluding carboxylic acids is 1. The van der Waals surface area contributed by atoms with E-state index in [1.807, 2.05) is 51.1 Å². The highest BCUT2D eigenvalue weighted by atomic mass is 19.1.